The van der Waals surface area contributed by atoms with Crippen LogP contribution in [0, 0.1) is 0 Å². The van der Waals surface area contributed by atoms with Crippen molar-refractivity contribution >= 4 is 7.37 Å². The van der Waals surface area contributed by atoms with E-state index in [0.717, 1.165) is 0 Å². The van der Waals surface area contributed by atoms with Crippen molar-refractivity contribution in [1.82, 2.24) is 0 Å². The van der Waals surface area contributed by atoms with Crippen LogP contribution in [0.3, 0.4) is 0 Å². The van der Waals surface area contributed by atoms with Gasteiger partial charge in [0.2, 0.25) is 0 Å². The van der Waals surface area contributed by atoms with Crippen LogP contribution in [-0.2, 0) is 4.57 Å². The third-order valence-electron chi connectivity index (χ3n) is 1.42. The van der Waals surface area contributed by atoms with Gasteiger partial charge < -0.3 is 9.46 Å². The molecule has 0 aliphatic rings. The van der Waals surface area contributed by atoms with Crippen molar-refractivity contribution < 1.29 is 122 Å². The van der Waals surface area contributed by atoms with Crippen molar-refractivity contribution in [3.63, 3.8) is 0 Å². The Hall–Kier alpha value is 1.54. The summed E-state index contributed by atoms with van der Waals surface area (Å²) in [6, 6.07) is 0. The minimum atomic E-state index is -8.51. The SMILES string of the molecule is O=P([O-])(C(F)(F)C(F)(F)F)C(F)(F)C(F)(F)F.[Cs+]. The maximum absolute atomic E-state index is 12.1. The van der Waals surface area contributed by atoms with E-state index in [-0.39, 0.29) is 68.9 Å². The number of hydrogen-bond acceptors (Lipinski definition) is 2. The maximum atomic E-state index is 12.1. The largest absolute Gasteiger partial charge is 1.00 e. The van der Waals surface area contributed by atoms with Gasteiger partial charge in [0.15, 0.2) is 7.37 Å². The molecular formula is C4CsF10O2P. The molecule has 0 fully saturated rings. The van der Waals surface area contributed by atoms with E-state index in [2.05, 4.69) is 0 Å². The minimum absolute atomic E-state index is 0. The summed E-state index contributed by atoms with van der Waals surface area (Å²) in [4.78, 5) is 10.1. The zero-order valence-corrected chi connectivity index (χ0v) is 15.2. The molecule has 0 spiro atoms. The number of rotatable bonds is 2. The van der Waals surface area contributed by atoms with E-state index >= 15 is 0 Å². The Balaban J connectivity index is 0. The molecule has 0 rings (SSSR count). The third kappa shape index (κ3) is 3.41. The Morgan fingerprint density at radius 3 is 0.944 bits per heavy atom. The summed E-state index contributed by atoms with van der Waals surface area (Å²) in [5.74, 6) is 0. The van der Waals surface area contributed by atoms with E-state index in [0.29, 0.717) is 0 Å². The van der Waals surface area contributed by atoms with E-state index in [9.17, 15) is 53.4 Å². The van der Waals surface area contributed by atoms with Crippen LogP contribution in [0.25, 0.3) is 0 Å². The predicted molar refractivity (Wildman–Crippen MR) is 29.6 cm³/mol. The van der Waals surface area contributed by atoms with Crippen LogP contribution in [0.5, 0.6) is 0 Å². The summed E-state index contributed by atoms with van der Waals surface area (Å²) >= 11 is 0. The van der Waals surface area contributed by atoms with E-state index in [4.69, 9.17) is 0 Å². The molecule has 0 bridgehead atoms. The molecule has 104 valence electrons. The van der Waals surface area contributed by atoms with Gasteiger partial charge in [-0.05, 0) is 0 Å². The van der Waals surface area contributed by atoms with Gasteiger partial charge in [-0.2, -0.15) is 43.9 Å². The summed E-state index contributed by atoms with van der Waals surface area (Å²) in [5.41, 5.74) is -14.4. The molecule has 0 aliphatic carbocycles. The second kappa shape index (κ2) is 5.74. The van der Waals surface area contributed by atoms with Crippen LogP contribution in [0.15, 0.2) is 0 Å². The summed E-state index contributed by atoms with van der Waals surface area (Å²) in [6.07, 6.45) is -14.2. The first-order chi connectivity index (χ1) is 7.00. The topological polar surface area (TPSA) is 40.1 Å². The van der Waals surface area contributed by atoms with Gasteiger partial charge in [0, 0.05) is 0 Å². The first-order valence-corrected chi connectivity index (χ1v) is 4.83. The minimum Gasteiger partial charge on any atom is -0.790 e. The Labute approximate surface area is 151 Å². The summed E-state index contributed by atoms with van der Waals surface area (Å²) in [7, 11) is -8.51. The van der Waals surface area contributed by atoms with Crippen LogP contribution in [0.1, 0.15) is 0 Å². The van der Waals surface area contributed by atoms with Gasteiger partial charge in [-0.15, -0.1) is 0 Å². The zero-order chi connectivity index (χ0) is 14.5. The molecule has 0 aliphatic heterocycles. The first-order valence-electron chi connectivity index (χ1n) is 3.20. The fourth-order valence-corrected chi connectivity index (χ4v) is 1.53. The van der Waals surface area contributed by atoms with Crippen molar-refractivity contribution in [1.29, 1.82) is 0 Å². The van der Waals surface area contributed by atoms with Gasteiger partial charge in [-0.1, -0.05) is 0 Å². The van der Waals surface area contributed by atoms with Crippen LogP contribution >= 0.6 is 7.37 Å². The Morgan fingerprint density at radius 1 is 0.667 bits per heavy atom. The molecule has 18 heavy (non-hydrogen) atoms. The molecule has 0 N–H and O–H groups in total. The summed E-state index contributed by atoms with van der Waals surface area (Å²) < 4.78 is 127. The molecular weight excluding hydrogens is 434 g/mol. The van der Waals surface area contributed by atoms with Crippen molar-refractivity contribution in [2.24, 2.45) is 0 Å². The van der Waals surface area contributed by atoms with Crippen molar-refractivity contribution in [3.05, 3.63) is 0 Å². The molecule has 14 heteroatoms. The molecule has 0 amide bonds. The molecule has 0 heterocycles. The van der Waals surface area contributed by atoms with Crippen LogP contribution in [0.2, 0.25) is 0 Å². The molecule has 0 unspecified atom stereocenters. The second-order valence-corrected chi connectivity index (χ2v) is 4.86. The van der Waals surface area contributed by atoms with Gasteiger partial charge in [0.25, 0.3) is 0 Å². The molecule has 0 saturated carbocycles. The molecule has 0 radical (unpaired) electrons. The molecule has 0 saturated heterocycles. The molecule has 0 aromatic rings. The number of alkyl halides is 10. The molecule has 0 atom stereocenters. The van der Waals surface area contributed by atoms with Crippen LogP contribution in [0.4, 0.5) is 43.9 Å². The Morgan fingerprint density at radius 2 is 0.833 bits per heavy atom. The third-order valence-corrected chi connectivity index (χ3v) is 3.41. The predicted octanol–water partition coefficient (Wildman–Crippen LogP) is -0.0610. The van der Waals surface area contributed by atoms with Gasteiger partial charge in [-0.25, -0.2) is 0 Å². The molecule has 2 nitrogen and oxygen atoms in total. The quantitative estimate of drug-likeness (QED) is 0.452. The van der Waals surface area contributed by atoms with Gasteiger partial charge in [0.05, 0.1) is 0 Å². The average molecular weight is 434 g/mol. The van der Waals surface area contributed by atoms with E-state index in [1.165, 1.54) is 0 Å². The zero-order valence-electron chi connectivity index (χ0n) is 8.04. The second-order valence-electron chi connectivity index (χ2n) is 2.63. The van der Waals surface area contributed by atoms with Gasteiger partial charge in [0.1, 0.15) is 0 Å². The number of halogens is 10. The fraction of sp³-hybridized carbons (Fsp3) is 1.00. The smallest absolute Gasteiger partial charge is 0.790 e. The standard InChI is InChI=1S/C4HF10O2P.Cs/c5-1(6,7)3(11,12)17(15,16)4(13,14)2(8,9)10;/h(H,15,16);/q;+1/p-1. The van der Waals surface area contributed by atoms with E-state index < -0.39 is 31.0 Å². The average Bonchev–Trinajstić information content (AvgIpc) is 1.98. The molecule has 0 aromatic heterocycles. The van der Waals surface area contributed by atoms with E-state index in [1.54, 1.807) is 0 Å². The van der Waals surface area contributed by atoms with Crippen molar-refractivity contribution in [2.45, 2.75) is 23.7 Å². The Kier molecular flexibility index (Phi) is 6.96. The first kappa shape index (κ1) is 21.8. The fourth-order valence-electron chi connectivity index (χ4n) is 0.510. The Bertz CT molecular complexity index is 315. The van der Waals surface area contributed by atoms with Crippen molar-refractivity contribution in [2.75, 3.05) is 0 Å². The van der Waals surface area contributed by atoms with Gasteiger partial charge in [-0.3, -0.25) is 0 Å². The van der Waals surface area contributed by atoms with Crippen LogP contribution in [-0.4, -0.2) is 23.7 Å². The summed E-state index contributed by atoms with van der Waals surface area (Å²) in [5, 5.41) is 0. The van der Waals surface area contributed by atoms with Gasteiger partial charge >= 0.3 is 92.6 Å². The maximum Gasteiger partial charge on any atom is 1.00 e. The monoisotopic (exact) mass is 434 g/mol. The van der Waals surface area contributed by atoms with Crippen molar-refractivity contribution in [3.8, 4) is 0 Å². The molecule has 0 aromatic carbocycles. The van der Waals surface area contributed by atoms with E-state index in [1.807, 2.05) is 0 Å². The summed E-state index contributed by atoms with van der Waals surface area (Å²) in [6.45, 7) is 0. The van der Waals surface area contributed by atoms with Crippen LogP contribution < -0.4 is 73.8 Å². The normalized spacial score (nSPS) is 15.3. The number of hydrogen-bond donors (Lipinski definition) is 0.